The molecule has 0 aliphatic heterocycles. The first-order valence-electron chi connectivity index (χ1n) is 28.5. The Hall–Kier alpha value is -5.38. The Bertz CT molecular complexity index is 3320. The summed E-state index contributed by atoms with van der Waals surface area (Å²) in [7, 11) is -24.9. The lowest BCUT2D eigenvalue weighted by Gasteiger charge is -2.44. The summed E-state index contributed by atoms with van der Waals surface area (Å²) in [5, 5.41) is 0. The third kappa shape index (κ3) is 21.7. The van der Waals surface area contributed by atoms with E-state index in [2.05, 4.69) is 28.3 Å². The molecule has 22 nitrogen and oxygen atoms in total. The molecule has 0 aliphatic carbocycles. The van der Waals surface area contributed by atoms with E-state index in [-0.39, 0.29) is 127 Å². The average molecular weight is 1330 g/mol. The summed E-state index contributed by atoms with van der Waals surface area (Å²) >= 11 is 0. The first-order valence-corrected chi connectivity index (χ1v) is 37.4. The van der Waals surface area contributed by atoms with Gasteiger partial charge >= 0.3 is 0 Å². The highest BCUT2D eigenvalue weighted by atomic mass is 32.2. The summed E-state index contributed by atoms with van der Waals surface area (Å²) in [5.74, 6) is 0. The Labute approximate surface area is 521 Å². The van der Waals surface area contributed by atoms with Crippen molar-refractivity contribution in [3.8, 4) is 0 Å². The number of hydrogen-bond donors (Lipinski definition) is 9. The number of hydrogen-bond acceptors (Lipinski definition) is 16. The van der Waals surface area contributed by atoms with Gasteiger partial charge in [-0.1, -0.05) is 106 Å². The minimum absolute atomic E-state index is 0.0268. The maximum atomic E-state index is 13.8. The second-order valence-corrected chi connectivity index (χ2v) is 33.6. The molecule has 0 aromatic heterocycles. The molecule has 0 radical (unpaired) electrons. The molecule has 0 aliphatic rings. The highest BCUT2D eigenvalue weighted by Crippen LogP contribution is 2.26. The van der Waals surface area contributed by atoms with Crippen molar-refractivity contribution in [3.63, 3.8) is 0 Å². The molecule has 0 unspecified atom stereocenters. The maximum absolute atomic E-state index is 13.8. The molecular weight excluding hydrogens is 1250 g/mol. The quantitative estimate of drug-likeness (QED) is 0.0262. The third-order valence-electron chi connectivity index (χ3n) is 15.1. The largest absolute Gasteiger partial charge is 0.324 e. The van der Waals surface area contributed by atoms with Crippen LogP contribution in [0.2, 0.25) is 0 Å². The van der Waals surface area contributed by atoms with Gasteiger partial charge < -0.3 is 17.2 Å². The Morgan fingerprint density at radius 1 is 0.261 bits per heavy atom. The van der Waals surface area contributed by atoms with Gasteiger partial charge in [0.15, 0.2) is 0 Å². The van der Waals surface area contributed by atoms with E-state index in [0.717, 1.165) is 33.4 Å². The van der Waals surface area contributed by atoms with Gasteiger partial charge in [-0.25, -0.2) is 78.8 Å². The second kappa shape index (κ2) is 30.2. The van der Waals surface area contributed by atoms with Crippen molar-refractivity contribution in [2.24, 2.45) is 17.2 Å². The minimum atomic E-state index is -4.14. The molecule has 12 N–H and O–H groups in total. The Morgan fingerprint density at radius 2 is 0.386 bits per heavy atom. The van der Waals surface area contributed by atoms with Gasteiger partial charge in [-0.2, -0.15) is 0 Å². The summed E-state index contributed by atoms with van der Waals surface area (Å²) in [5.41, 5.74) is 22.6. The van der Waals surface area contributed by atoms with Crippen molar-refractivity contribution in [1.29, 1.82) is 0 Å². The molecule has 6 aromatic rings. The van der Waals surface area contributed by atoms with Crippen LogP contribution in [0.3, 0.4) is 0 Å². The normalized spacial score (nSPS) is 13.3. The smallest absolute Gasteiger partial charge is 0.240 e. The number of rotatable bonds is 36. The Balaban J connectivity index is 1.43. The SMILES string of the molecule is Cc1ccc(S(=O)(=O)NCCC(N)(CCNS(=O)(=O)c2ccc(C)cc2)CN(CC(N)(CCNS(=O)(=O)c2ccc(C)cc2)CCNS(=O)(=O)c2ccc(C)cc2)CC(N)(CCNS(=O)(=O)c2ccc(C)cc2)CCNS(=O)(=O)c2ccc(C)cc2)cc1. The molecule has 0 atom stereocenters. The summed E-state index contributed by atoms with van der Waals surface area (Å²) in [6.45, 7) is 8.34. The molecule has 0 bridgehead atoms. The lowest BCUT2D eigenvalue weighted by atomic mass is 9.85. The van der Waals surface area contributed by atoms with Crippen LogP contribution in [-0.2, 0) is 60.1 Å². The molecule has 0 spiro atoms. The Kier molecular flexibility index (Phi) is 24.6. The average Bonchev–Trinajstić information content (AvgIpc) is 2.21. The highest BCUT2D eigenvalue weighted by Gasteiger charge is 2.38. The molecule has 0 fully saturated rings. The van der Waals surface area contributed by atoms with Crippen LogP contribution < -0.4 is 45.5 Å². The lowest BCUT2D eigenvalue weighted by Crippen LogP contribution is -2.63. The third-order valence-corrected chi connectivity index (χ3v) is 24.0. The first kappa shape index (κ1) is 71.7. The minimum Gasteiger partial charge on any atom is -0.324 e. The van der Waals surface area contributed by atoms with Crippen LogP contribution >= 0.6 is 0 Å². The van der Waals surface area contributed by atoms with E-state index in [4.69, 9.17) is 17.2 Å². The molecule has 0 saturated heterocycles. The number of nitrogens with one attached hydrogen (secondary N) is 6. The van der Waals surface area contributed by atoms with Gasteiger partial charge in [0.1, 0.15) is 0 Å². The monoisotopic (exact) mass is 1330 g/mol. The van der Waals surface area contributed by atoms with E-state index in [9.17, 15) is 50.5 Å². The Morgan fingerprint density at radius 3 is 0.511 bits per heavy atom. The van der Waals surface area contributed by atoms with Gasteiger partial charge in [0, 0.05) is 75.5 Å². The molecule has 88 heavy (non-hydrogen) atoms. The summed E-state index contributed by atoms with van der Waals surface area (Å²) in [6.07, 6.45) is -0.944. The van der Waals surface area contributed by atoms with Crippen molar-refractivity contribution in [3.05, 3.63) is 179 Å². The fraction of sp³-hybridized carbons (Fsp3) is 0.400. The van der Waals surface area contributed by atoms with Crippen LogP contribution in [0, 0.1) is 41.5 Å². The number of sulfonamides is 6. The summed E-state index contributed by atoms with van der Waals surface area (Å²) in [6, 6.07) is 37.0. The van der Waals surface area contributed by atoms with Gasteiger partial charge in [0.2, 0.25) is 60.1 Å². The molecule has 6 rings (SSSR count). The topological polar surface area (TPSA) is 358 Å². The van der Waals surface area contributed by atoms with Crippen LogP contribution in [0.4, 0.5) is 0 Å². The maximum Gasteiger partial charge on any atom is 0.240 e. The predicted octanol–water partition coefficient (Wildman–Crippen LogP) is 4.44. The van der Waals surface area contributed by atoms with E-state index in [1.807, 2.05) is 0 Å². The fourth-order valence-electron chi connectivity index (χ4n) is 9.76. The molecular formula is C60H84N10O12S6. The molecule has 0 saturated carbocycles. The summed E-state index contributed by atoms with van der Waals surface area (Å²) in [4.78, 5) is 1.56. The van der Waals surface area contributed by atoms with E-state index >= 15 is 0 Å². The number of aryl methyl sites for hydroxylation is 6. The number of nitrogens with two attached hydrogens (primary N) is 3. The van der Waals surface area contributed by atoms with E-state index in [1.165, 1.54) is 72.8 Å². The molecule has 482 valence electrons. The zero-order valence-electron chi connectivity index (χ0n) is 50.5. The van der Waals surface area contributed by atoms with Gasteiger partial charge in [0.25, 0.3) is 0 Å². The van der Waals surface area contributed by atoms with Crippen molar-refractivity contribution >= 4 is 60.1 Å². The first-order chi connectivity index (χ1) is 41.0. The standard InChI is InChI=1S/C60H84N10O12S6/c1-46-7-19-52(20-8-46)83(71,72)64-37-31-58(61,32-38-65-84(73,74)53-21-9-47(2)10-22-53)43-70(44-59(62,33-39-66-85(75,76)54-23-11-48(3)12-24-54)34-40-67-86(77,78)55-25-13-49(4)14-26-55)45-60(63,35-41-68-87(79,80)56-27-15-50(5)16-28-56)36-42-69-88(81,82)57-29-17-51(6)18-30-57/h7-30,64-69H,31-45,61-63H2,1-6H3. The van der Waals surface area contributed by atoms with Crippen LogP contribution in [0.15, 0.2) is 175 Å². The van der Waals surface area contributed by atoms with Gasteiger partial charge in [-0.15, -0.1) is 0 Å². The van der Waals surface area contributed by atoms with Crippen LogP contribution in [0.5, 0.6) is 0 Å². The lowest BCUT2D eigenvalue weighted by molar-refractivity contribution is 0.115. The fourth-order valence-corrected chi connectivity index (χ4v) is 16.0. The second-order valence-electron chi connectivity index (χ2n) is 23.0. The van der Waals surface area contributed by atoms with Gasteiger partial charge in [-0.05, 0) is 153 Å². The molecule has 6 aromatic carbocycles. The van der Waals surface area contributed by atoms with Gasteiger partial charge in [0.05, 0.1) is 29.4 Å². The van der Waals surface area contributed by atoms with E-state index < -0.39 is 76.8 Å². The van der Waals surface area contributed by atoms with Crippen LogP contribution in [0.1, 0.15) is 71.9 Å². The molecule has 28 heteroatoms. The number of nitrogens with zero attached hydrogens (tertiary/aromatic N) is 1. The van der Waals surface area contributed by atoms with E-state index in [0.29, 0.717) is 0 Å². The van der Waals surface area contributed by atoms with Crippen LogP contribution in [0.25, 0.3) is 0 Å². The molecule has 0 heterocycles. The molecule has 0 amide bonds. The van der Waals surface area contributed by atoms with Crippen LogP contribution in [-0.4, -0.2) is 131 Å². The van der Waals surface area contributed by atoms with Gasteiger partial charge in [-0.3, -0.25) is 4.90 Å². The predicted molar refractivity (Wildman–Crippen MR) is 343 cm³/mol. The van der Waals surface area contributed by atoms with Crippen molar-refractivity contribution in [1.82, 2.24) is 33.2 Å². The van der Waals surface area contributed by atoms with Crippen molar-refractivity contribution < 1.29 is 50.5 Å². The highest BCUT2D eigenvalue weighted by molar-refractivity contribution is 7.90. The number of benzene rings is 6. The summed E-state index contributed by atoms with van der Waals surface area (Å²) < 4.78 is 181. The van der Waals surface area contributed by atoms with Crippen molar-refractivity contribution in [2.45, 2.75) is 126 Å². The van der Waals surface area contributed by atoms with Crippen molar-refractivity contribution in [2.75, 3.05) is 58.9 Å². The van der Waals surface area contributed by atoms with E-state index in [1.54, 1.807) is 119 Å². The zero-order valence-corrected chi connectivity index (χ0v) is 55.4. The zero-order chi connectivity index (χ0) is 64.8.